The number of piperidine rings is 1. The molecule has 2 atom stereocenters. The van der Waals surface area contributed by atoms with Gasteiger partial charge in [0.05, 0.1) is 6.61 Å². The molecule has 104 valence electrons. The highest BCUT2D eigenvalue weighted by atomic mass is 16.5. The van der Waals surface area contributed by atoms with E-state index < -0.39 is 0 Å². The van der Waals surface area contributed by atoms with Gasteiger partial charge >= 0.3 is 0 Å². The maximum atomic E-state index is 12.1. The molecule has 1 aliphatic heterocycles. The van der Waals surface area contributed by atoms with Crippen LogP contribution in [0.4, 0.5) is 0 Å². The zero-order valence-corrected chi connectivity index (χ0v) is 11.6. The molecule has 1 heterocycles. The fourth-order valence-electron chi connectivity index (χ4n) is 2.30. The van der Waals surface area contributed by atoms with E-state index in [2.05, 4.69) is 6.58 Å². The lowest BCUT2D eigenvalue weighted by atomic mass is 9.91. The van der Waals surface area contributed by atoms with Crippen LogP contribution in [0, 0.1) is 5.92 Å². The summed E-state index contributed by atoms with van der Waals surface area (Å²) in [6.45, 7) is 9.67. The lowest BCUT2D eigenvalue weighted by Crippen LogP contribution is -2.46. The SMILES string of the molecule is C=CCCOC(C)C(=O)N1CCC(C(C)N)CC1. The second kappa shape index (κ2) is 7.54. The average molecular weight is 254 g/mol. The number of hydrogen-bond acceptors (Lipinski definition) is 3. The molecule has 0 spiro atoms. The van der Waals surface area contributed by atoms with Crippen molar-refractivity contribution in [1.29, 1.82) is 0 Å². The number of amides is 1. The van der Waals surface area contributed by atoms with Gasteiger partial charge in [-0.15, -0.1) is 6.58 Å². The van der Waals surface area contributed by atoms with Crippen molar-refractivity contribution in [3.63, 3.8) is 0 Å². The molecule has 4 heteroatoms. The van der Waals surface area contributed by atoms with Crippen LogP contribution in [0.2, 0.25) is 0 Å². The smallest absolute Gasteiger partial charge is 0.251 e. The summed E-state index contributed by atoms with van der Waals surface area (Å²) in [4.78, 5) is 14.0. The molecule has 0 radical (unpaired) electrons. The lowest BCUT2D eigenvalue weighted by Gasteiger charge is -2.35. The van der Waals surface area contributed by atoms with Gasteiger partial charge < -0.3 is 15.4 Å². The van der Waals surface area contributed by atoms with Gasteiger partial charge in [-0.25, -0.2) is 0 Å². The summed E-state index contributed by atoms with van der Waals surface area (Å²) < 4.78 is 5.48. The van der Waals surface area contributed by atoms with Crippen molar-refractivity contribution in [1.82, 2.24) is 4.90 Å². The van der Waals surface area contributed by atoms with Gasteiger partial charge in [-0.05, 0) is 39.0 Å². The fraction of sp³-hybridized carbons (Fsp3) is 0.786. The average Bonchev–Trinajstić information content (AvgIpc) is 2.38. The number of ether oxygens (including phenoxy) is 1. The highest BCUT2D eigenvalue weighted by Crippen LogP contribution is 2.20. The predicted molar refractivity (Wildman–Crippen MR) is 73.2 cm³/mol. The molecular weight excluding hydrogens is 228 g/mol. The van der Waals surface area contributed by atoms with Gasteiger partial charge in [-0.2, -0.15) is 0 Å². The van der Waals surface area contributed by atoms with Gasteiger partial charge in [0, 0.05) is 19.1 Å². The first-order chi connectivity index (χ1) is 8.56. The second-order valence-corrected chi connectivity index (χ2v) is 5.11. The first-order valence-corrected chi connectivity index (χ1v) is 6.83. The van der Waals surface area contributed by atoms with Crippen LogP contribution in [0.5, 0.6) is 0 Å². The highest BCUT2D eigenvalue weighted by Gasteiger charge is 2.27. The molecule has 1 amide bonds. The first kappa shape index (κ1) is 15.2. The molecule has 18 heavy (non-hydrogen) atoms. The predicted octanol–water partition coefficient (Wildman–Crippen LogP) is 1.55. The van der Waals surface area contributed by atoms with Gasteiger partial charge in [-0.1, -0.05) is 6.08 Å². The molecule has 1 saturated heterocycles. The summed E-state index contributed by atoms with van der Waals surface area (Å²) in [5.41, 5.74) is 5.89. The standard InChI is InChI=1S/C14H26N2O2/c1-4-5-10-18-12(3)14(17)16-8-6-13(7-9-16)11(2)15/h4,11-13H,1,5-10,15H2,2-3H3. The minimum Gasteiger partial charge on any atom is -0.368 e. The molecule has 0 bridgehead atoms. The third kappa shape index (κ3) is 4.42. The molecular formula is C14H26N2O2. The molecule has 1 rings (SSSR count). The third-order valence-electron chi connectivity index (χ3n) is 3.63. The molecule has 0 aliphatic carbocycles. The van der Waals surface area contributed by atoms with Crippen molar-refractivity contribution in [3.05, 3.63) is 12.7 Å². The Balaban J connectivity index is 2.32. The van der Waals surface area contributed by atoms with E-state index in [1.165, 1.54) is 0 Å². The number of rotatable bonds is 6. The number of nitrogens with zero attached hydrogens (tertiary/aromatic N) is 1. The van der Waals surface area contributed by atoms with E-state index in [1.54, 1.807) is 6.08 Å². The molecule has 2 unspecified atom stereocenters. The van der Waals surface area contributed by atoms with Crippen LogP contribution in [0.1, 0.15) is 33.1 Å². The van der Waals surface area contributed by atoms with Crippen LogP contribution in [-0.2, 0) is 9.53 Å². The Morgan fingerprint density at radius 3 is 2.61 bits per heavy atom. The Kier molecular flexibility index (Phi) is 6.36. The summed E-state index contributed by atoms with van der Waals surface area (Å²) >= 11 is 0. The van der Waals surface area contributed by atoms with E-state index in [0.29, 0.717) is 12.5 Å². The number of nitrogens with two attached hydrogens (primary N) is 1. The number of likely N-dealkylation sites (tertiary alicyclic amines) is 1. The van der Waals surface area contributed by atoms with E-state index in [4.69, 9.17) is 10.5 Å². The molecule has 1 aliphatic rings. The topological polar surface area (TPSA) is 55.6 Å². The molecule has 0 saturated carbocycles. The molecule has 4 nitrogen and oxygen atoms in total. The van der Waals surface area contributed by atoms with Crippen LogP contribution < -0.4 is 5.73 Å². The third-order valence-corrected chi connectivity index (χ3v) is 3.63. The Morgan fingerprint density at radius 2 is 2.11 bits per heavy atom. The number of carbonyl (C=O) groups excluding carboxylic acids is 1. The Bertz CT molecular complexity index is 271. The second-order valence-electron chi connectivity index (χ2n) is 5.11. The van der Waals surface area contributed by atoms with Gasteiger partial charge in [0.15, 0.2) is 0 Å². The minimum absolute atomic E-state index is 0.0992. The summed E-state index contributed by atoms with van der Waals surface area (Å²) in [6, 6.07) is 0.225. The Labute approximate surface area is 110 Å². The molecule has 1 fully saturated rings. The van der Waals surface area contributed by atoms with Crippen LogP contribution in [0.3, 0.4) is 0 Å². The van der Waals surface area contributed by atoms with Crippen molar-refractivity contribution in [2.75, 3.05) is 19.7 Å². The summed E-state index contributed by atoms with van der Waals surface area (Å²) in [5.74, 6) is 0.647. The minimum atomic E-state index is -0.350. The zero-order valence-electron chi connectivity index (χ0n) is 11.6. The monoisotopic (exact) mass is 254 g/mol. The van der Waals surface area contributed by atoms with Crippen molar-refractivity contribution < 1.29 is 9.53 Å². The largest absolute Gasteiger partial charge is 0.368 e. The highest BCUT2D eigenvalue weighted by molar-refractivity contribution is 5.80. The van der Waals surface area contributed by atoms with Crippen LogP contribution in [0.25, 0.3) is 0 Å². The van der Waals surface area contributed by atoms with E-state index in [-0.39, 0.29) is 18.1 Å². The maximum absolute atomic E-state index is 12.1. The summed E-state index contributed by atoms with van der Waals surface area (Å²) in [5, 5.41) is 0. The normalized spacial score (nSPS) is 20.5. The molecule has 0 aromatic heterocycles. The lowest BCUT2D eigenvalue weighted by molar-refractivity contribution is -0.144. The van der Waals surface area contributed by atoms with E-state index in [9.17, 15) is 4.79 Å². The first-order valence-electron chi connectivity index (χ1n) is 6.83. The van der Waals surface area contributed by atoms with Crippen LogP contribution >= 0.6 is 0 Å². The van der Waals surface area contributed by atoms with Crippen molar-refractivity contribution in [2.24, 2.45) is 11.7 Å². The van der Waals surface area contributed by atoms with Gasteiger partial charge in [0.1, 0.15) is 6.10 Å². The summed E-state index contributed by atoms with van der Waals surface area (Å²) in [7, 11) is 0. The fourth-order valence-corrected chi connectivity index (χ4v) is 2.30. The molecule has 0 aromatic carbocycles. The molecule has 0 aromatic rings. The Morgan fingerprint density at radius 1 is 1.50 bits per heavy atom. The quantitative estimate of drug-likeness (QED) is 0.578. The van der Waals surface area contributed by atoms with Crippen LogP contribution in [0.15, 0.2) is 12.7 Å². The van der Waals surface area contributed by atoms with Crippen molar-refractivity contribution in [3.8, 4) is 0 Å². The molecule has 2 N–H and O–H groups in total. The van der Waals surface area contributed by atoms with Gasteiger partial charge in [0.2, 0.25) is 0 Å². The maximum Gasteiger partial charge on any atom is 0.251 e. The van der Waals surface area contributed by atoms with Gasteiger partial charge in [0.25, 0.3) is 5.91 Å². The van der Waals surface area contributed by atoms with Gasteiger partial charge in [-0.3, -0.25) is 4.79 Å². The number of carbonyl (C=O) groups is 1. The van der Waals surface area contributed by atoms with E-state index in [1.807, 2.05) is 18.7 Å². The van der Waals surface area contributed by atoms with Crippen molar-refractivity contribution in [2.45, 2.75) is 45.3 Å². The van der Waals surface area contributed by atoms with E-state index >= 15 is 0 Å². The van der Waals surface area contributed by atoms with E-state index in [0.717, 1.165) is 32.4 Å². The number of hydrogen-bond donors (Lipinski definition) is 1. The summed E-state index contributed by atoms with van der Waals surface area (Å²) in [6.07, 6.45) is 4.23. The Hall–Kier alpha value is -0.870. The van der Waals surface area contributed by atoms with Crippen LogP contribution in [-0.4, -0.2) is 42.6 Å². The zero-order chi connectivity index (χ0) is 13.5. The van der Waals surface area contributed by atoms with Crippen molar-refractivity contribution >= 4 is 5.91 Å².